The maximum absolute atomic E-state index is 12.0. The first kappa shape index (κ1) is 13.3. The van der Waals surface area contributed by atoms with Crippen molar-refractivity contribution in [3.05, 3.63) is 18.2 Å². The Morgan fingerprint density at radius 1 is 1.35 bits per heavy atom. The number of thiazole rings is 1. The van der Waals surface area contributed by atoms with Gasteiger partial charge in [0.05, 0.1) is 16.8 Å². The van der Waals surface area contributed by atoms with Gasteiger partial charge in [0.25, 0.3) is 0 Å². The number of benzene rings is 1. The van der Waals surface area contributed by atoms with Gasteiger partial charge in [-0.2, -0.15) is 0 Å². The smallest absolute Gasteiger partial charge is 0.240 e. The molecule has 3 N–H and O–H groups in total. The molecular formula is C14H18N4OS. The zero-order valence-electron chi connectivity index (χ0n) is 11.3. The SMILES string of the molecule is Nc1ccc2nc(NC(=O)CN3CCCCC3)sc2c1. The Balaban J connectivity index is 1.64. The van der Waals surface area contributed by atoms with Crippen LogP contribution in [-0.4, -0.2) is 35.4 Å². The molecule has 0 unspecified atom stereocenters. The van der Waals surface area contributed by atoms with Crippen molar-refractivity contribution < 1.29 is 4.79 Å². The third kappa shape index (κ3) is 3.08. The molecule has 0 spiro atoms. The number of nitrogens with one attached hydrogen (secondary N) is 1. The van der Waals surface area contributed by atoms with Crippen molar-refractivity contribution in [2.24, 2.45) is 0 Å². The lowest BCUT2D eigenvalue weighted by atomic mass is 10.1. The molecule has 2 aromatic rings. The molecule has 106 valence electrons. The van der Waals surface area contributed by atoms with Crippen molar-refractivity contribution in [3.8, 4) is 0 Å². The highest BCUT2D eigenvalue weighted by Gasteiger charge is 2.15. The number of fused-ring (bicyclic) bond motifs is 1. The van der Waals surface area contributed by atoms with Crippen molar-refractivity contribution in [1.29, 1.82) is 0 Å². The molecule has 0 aliphatic carbocycles. The normalized spacial score (nSPS) is 16.4. The number of amides is 1. The minimum Gasteiger partial charge on any atom is -0.399 e. The van der Waals surface area contributed by atoms with Crippen LogP contribution in [0.4, 0.5) is 10.8 Å². The van der Waals surface area contributed by atoms with Crippen molar-refractivity contribution in [3.63, 3.8) is 0 Å². The molecule has 1 amide bonds. The summed E-state index contributed by atoms with van der Waals surface area (Å²) in [6.45, 7) is 2.49. The zero-order valence-corrected chi connectivity index (χ0v) is 12.1. The van der Waals surface area contributed by atoms with E-state index in [1.54, 1.807) is 0 Å². The predicted molar refractivity (Wildman–Crippen MR) is 83.0 cm³/mol. The fraction of sp³-hybridized carbons (Fsp3) is 0.429. The fourth-order valence-electron chi connectivity index (χ4n) is 2.47. The molecule has 0 radical (unpaired) electrons. The quantitative estimate of drug-likeness (QED) is 0.851. The lowest BCUT2D eigenvalue weighted by molar-refractivity contribution is -0.117. The summed E-state index contributed by atoms with van der Waals surface area (Å²) in [5, 5.41) is 3.53. The number of carbonyl (C=O) groups is 1. The van der Waals surface area contributed by atoms with Gasteiger partial charge in [0, 0.05) is 5.69 Å². The van der Waals surface area contributed by atoms with Crippen molar-refractivity contribution in [1.82, 2.24) is 9.88 Å². The van der Waals surface area contributed by atoms with E-state index >= 15 is 0 Å². The number of rotatable bonds is 3. The number of likely N-dealkylation sites (tertiary alicyclic amines) is 1. The number of nitrogens with two attached hydrogens (primary N) is 1. The Morgan fingerprint density at radius 3 is 2.95 bits per heavy atom. The fourth-order valence-corrected chi connectivity index (χ4v) is 3.40. The number of nitrogen functional groups attached to an aromatic ring is 1. The maximum Gasteiger partial charge on any atom is 0.240 e. The van der Waals surface area contributed by atoms with E-state index in [0.717, 1.165) is 23.3 Å². The van der Waals surface area contributed by atoms with E-state index in [1.165, 1.54) is 30.6 Å². The lowest BCUT2D eigenvalue weighted by Gasteiger charge is -2.25. The number of anilines is 2. The van der Waals surface area contributed by atoms with Gasteiger partial charge in [-0.05, 0) is 44.1 Å². The number of hydrogen-bond donors (Lipinski definition) is 2. The third-order valence-corrected chi connectivity index (χ3v) is 4.41. The van der Waals surface area contributed by atoms with Gasteiger partial charge in [-0.3, -0.25) is 9.69 Å². The van der Waals surface area contributed by atoms with Gasteiger partial charge in [-0.25, -0.2) is 4.98 Å². The van der Waals surface area contributed by atoms with Gasteiger partial charge >= 0.3 is 0 Å². The van der Waals surface area contributed by atoms with Crippen LogP contribution in [-0.2, 0) is 4.79 Å². The summed E-state index contributed by atoms with van der Waals surface area (Å²) in [5.74, 6) is 0.0129. The molecule has 3 rings (SSSR count). The summed E-state index contributed by atoms with van der Waals surface area (Å²) in [6, 6.07) is 5.58. The number of piperidine rings is 1. The van der Waals surface area contributed by atoms with Crippen LogP contribution in [0.1, 0.15) is 19.3 Å². The van der Waals surface area contributed by atoms with E-state index < -0.39 is 0 Å². The molecule has 0 atom stereocenters. The molecule has 5 nitrogen and oxygen atoms in total. The molecule has 1 aliphatic heterocycles. The van der Waals surface area contributed by atoms with Crippen LogP contribution in [0.3, 0.4) is 0 Å². The Morgan fingerprint density at radius 2 is 2.15 bits per heavy atom. The van der Waals surface area contributed by atoms with Crippen LogP contribution < -0.4 is 11.1 Å². The Bertz CT molecular complexity index is 619. The van der Waals surface area contributed by atoms with Crippen molar-refractivity contribution >= 4 is 38.3 Å². The van der Waals surface area contributed by atoms with E-state index in [0.29, 0.717) is 17.4 Å². The van der Waals surface area contributed by atoms with E-state index in [-0.39, 0.29) is 5.91 Å². The molecule has 1 aliphatic rings. The van der Waals surface area contributed by atoms with Gasteiger partial charge in [0.1, 0.15) is 0 Å². The first-order chi connectivity index (χ1) is 9.70. The standard InChI is InChI=1S/C14H18N4OS/c15-10-4-5-11-12(8-10)20-14(16-11)17-13(19)9-18-6-2-1-3-7-18/h4-5,8H,1-3,6-7,9,15H2,(H,16,17,19). The number of carbonyl (C=O) groups excluding carboxylic acids is 1. The predicted octanol–water partition coefficient (Wildman–Crippen LogP) is 2.30. The van der Waals surface area contributed by atoms with E-state index in [9.17, 15) is 4.79 Å². The van der Waals surface area contributed by atoms with E-state index in [1.807, 2.05) is 18.2 Å². The molecule has 0 bridgehead atoms. The summed E-state index contributed by atoms with van der Waals surface area (Å²) < 4.78 is 0.998. The van der Waals surface area contributed by atoms with Crippen molar-refractivity contribution in [2.75, 3.05) is 30.7 Å². The van der Waals surface area contributed by atoms with Gasteiger partial charge in [0.15, 0.2) is 5.13 Å². The van der Waals surface area contributed by atoms with Crippen LogP contribution in [0, 0.1) is 0 Å². The molecule has 20 heavy (non-hydrogen) atoms. The molecule has 1 saturated heterocycles. The average molecular weight is 290 g/mol. The lowest BCUT2D eigenvalue weighted by Crippen LogP contribution is -2.36. The average Bonchev–Trinajstić information content (AvgIpc) is 2.80. The summed E-state index contributed by atoms with van der Waals surface area (Å²) in [7, 11) is 0. The number of aromatic nitrogens is 1. The number of nitrogens with zero attached hydrogens (tertiary/aromatic N) is 2. The monoisotopic (exact) mass is 290 g/mol. The second-order valence-corrected chi connectivity index (χ2v) is 6.16. The molecule has 1 aromatic heterocycles. The molecule has 1 fully saturated rings. The van der Waals surface area contributed by atoms with Gasteiger partial charge in [-0.1, -0.05) is 17.8 Å². The highest BCUT2D eigenvalue weighted by molar-refractivity contribution is 7.22. The molecule has 0 saturated carbocycles. The van der Waals surface area contributed by atoms with E-state index in [2.05, 4.69) is 15.2 Å². The zero-order chi connectivity index (χ0) is 13.9. The summed E-state index contributed by atoms with van der Waals surface area (Å²) >= 11 is 1.46. The highest BCUT2D eigenvalue weighted by atomic mass is 32.1. The van der Waals surface area contributed by atoms with Crippen LogP contribution in [0.15, 0.2) is 18.2 Å². The van der Waals surface area contributed by atoms with E-state index in [4.69, 9.17) is 5.73 Å². The first-order valence-corrected chi connectivity index (χ1v) is 7.71. The molecule has 1 aromatic carbocycles. The minimum atomic E-state index is 0.0129. The summed E-state index contributed by atoms with van der Waals surface area (Å²) in [4.78, 5) is 18.6. The van der Waals surface area contributed by atoms with Crippen LogP contribution >= 0.6 is 11.3 Å². The minimum absolute atomic E-state index is 0.0129. The van der Waals surface area contributed by atoms with Crippen molar-refractivity contribution in [2.45, 2.75) is 19.3 Å². The molecule has 6 heteroatoms. The summed E-state index contributed by atoms with van der Waals surface area (Å²) in [5.41, 5.74) is 7.33. The Hall–Kier alpha value is -1.66. The Labute approximate surface area is 121 Å². The van der Waals surface area contributed by atoms with Gasteiger partial charge in [-0.15, -0.1) is 0 Å². The highest BCUT2D eigenvalue weighted by Crippen LogP contribution is 2.27. The molecule has 2 heterocycles. The van der Waals surface area contributed by atoms with Crippen LogP contribution in [0.2, 0.25) is 0 Å². The third-order valence-electron chi connectivity index (χ3n) is 3.47. The second-order valence-electron chi connectivity index (χ2n) is 5.13. The first-order valence-electron chi connectivity index (χ1n) is 6.89. The largest absolute Gasteiger partial charge is 0.399 e. The van der Waals surface area contributed by atoms with Crippen LogP contribution in [0.5, 0.6) is 0 Å². The Kier molecular flexibility index (Phi) is 3.84. The van der Waals surface area contributed by atoms with Gasteiger partial charge in [0.2, 0.25) is 5.91 Å². The number of hydrogen-bond acceptors (Lipinski definition) is 5. The second kappa shape index (κ2) is 5.76. The molecular weight excluding hydrogens is 272 g/mol. The van der Waals surface area contributed by atoms with Crippen LogP contribution in [0.25, 0.3) is 10.2 Å². The maximum atomic E-state index is 12.0. The summed E-state index contributed by atoms with van der Waals surface area (Å²) in [6.07, 6.45) is 3.65. The van der Waals surface area contributed by atoms with Gasteiger partial charge < -0.3 is 11.1 Å². The topological polar surface area (TPSA) is 71.2 Å².